The highest BCUT2D eigenvalue weighted by molar-refractivity contribution is 7.86. The molecule has 0 spiro atoms. The summed E-state index contributed by atoms with van der Waals surface area (Å²) in [7, 11) is 0.785. The Morgan fingerprint density at radius 2 is 1.33 bits per heavy atom. The Morgan fingerprint density at radius 1 is 0.771 bits per heavy atom. The van der Waals surface area contributed by atoms with Gasteiger partial charge in [0.05, 0.1) is 12.1 Å². The fourth-order valence-electron chi connectivity index (χ4n) is 5.52. The van der Waals surface area contributed by atoms with E-state index in [-0.39, 0.29) is 26.7 Å². The van der Waals surface area contributed by atoms with Gasteiger partial charge in [0.15, 0.2) is 5.43 Å². The Labute approximate surface area is 284 Å². The minimum atomic E-state index is -4.70. The lowest BCUT2D eigenvalue weighted by Gasteiger charge is -2.18. The molecule has 9 heteroatoms. The van der Waals surface area contributed by atoms with Gasteiger partial charge in [-0.25, -0.2) is 0 Å². The monoisotopic (exact) mass is 677 g/mol. The first-order chi connectivity index (χ1) is 22.9. The quantitative estimate of drug-likeness (QED) is 0.0975. The Hall–Kier alpha value is -5.15. The third kappa shape index (κ3) is 6.78. The van der Waals surface area contributed by atoms with E-state index in [1.807, 2.05) is 50.5 Å². The Bertz CT molecular complexity index is 2360. The van der Waals surface area contributed by atoms with Gasteiger partial charge in [0.1, 0.15) is 22.0 Å². The van der Waals surface area contributed by atoms with E-state index in [1.54, 1.807) is 43.3 Å². The fraction of sp³-hybridized carbons (Fsp3) is 0.103. The minimum absolute atomic E-state index is 0.229. The molecule has 1 N–H and O–H groups in total. The molecule has 7 nitrogen and oxygen atoms in total. The maximum Gasteiger partial charge on any atom is 0.295 e. The van der Waals surface area contributed by atoms with Crippen LogP contribution in [0.15, 0.2) is 105 Å². The van der Waals surface area contributed by atoms with Crippen molar-refractivity contribution in [3.05, 3.63) is 134 Å². The summed E-state index contributed by atoms with van der Waals surface area (Å²) >= 11 is 6.50. The molecule has 0 saturated carbocycles. The van der Waals surface area contributed by atoms with E-state index in [0.29, 0.717) is 39.0 Å². The molecule has 4 aromatic carbocycles. The van der Waals surface area contributed by atoms with E-state index in [4.69, 9.17) is 20.8 Å². The number of aryl methyl sites for hydroxylation is 1. The maximum absolute atomic E-state index is 12.9. The second kappa shape index (κ2) is 13.2. The Balaban J connectivity index is 1.37. The molecule has 6 rings (SSSR count). The molecule has 1 aliphatic carbocycles. The molecule has 242 valence electrons. The van der Waals surface area contributed by atoms with Crippen LogP contribution in [0.25, 0.3) is 57.7 Å². The summed E-state index contributed by atoms with van der Waals surface area (Å²) in [6, 6.07) is 27.3. The number of methoxy groups -OCH3 is 1. The number of rotatable bonds is 8. The fourth-order valence-corrected chi connectivity index (χ4v) is 6.50. The van der Waals surface area contributed by atoms with E-state index in [0.717, 1.165) is 22.4 Å². The van der Waals surface area contributed by atoms with Gasteiger partial charge in [-0.15, -0.1) is 0 Å². The third-order valence-electron chi connectivity index (χ3n) is 8.13. The van der Waals surface area contributed by atoms with Crippen molar-refractivity contribution in [3.8, 4) is 28.2 Å². The number of ether oxygens (including phenoxy) is 1. The highest BCUT2D eigenvalue weighted by atomic mass is 35.5. The van der Waals surface area contributed by atoms with Crippen LogP contribution < -0.4 is 15.1 Å². The maximum atomic E-state index is 12.9. The number of benzene rings is 5. The molecule has 2 aliphatic rings. The van der Waals surface area contributed by atoms with Crippen LogP contribution in [0.2, 0.25) is 5.02 Å². The number of halogens is 1. The normalized spacial score (nSPS) is 12.0. The molecule has 1 heterocycles. The van der Waals surface area contributed by atoms with Crippen LogP contribution in [-0.4, -0.2) is 34.2 Å². The lowest BCUT2D eigenvalue weighted by atomic mass is 9.92. The molecule has 0 aromatic heterocycles. The lowest BCUT2D eigenvalue weighted by Crippen LogP contribution is -2.07. The summed E-state index contributed by atoms with van der Waals surface area (Å²) in [5.74, 6) is 0.602. The summed E-state index contributed by atoms with van der Waals surface area (Å²) in [5, 5.41) is 0.769. The van der Waals surface area contributed by atoms with E-state index in [1.165, 1.54) is 19.2 Å². The molecule has 0 atom stereocenters. The minimum Gasteiger partial charge on any atom is -0.495 e. The predicted octanol–water partition coefficient (Wildman–Crippen LogP) is 9.19. The molecular weight excluding hydrogens is 646 g/mol. The van der Waals surface area contributed by atoms with Gasteiger partial charge >= 0.3 is 0 Å². The standard InChI is InChI=1S/C39H32ClNO6S/c1-24-19-31-35(22-34(24)42)47-36-23-37(46-4)33(40)21-32(36)39(31)30-18-15-28(20-38(30)48(43,44)45)12-11-26-7-5-25(6-8-26)9-10-27-13-16-29(17-14-27)41(2)3/h5-23H,1-4H3,(H,43,44,45)/b10-9+,12-11+. The van der Waals surface area contributed by atoms with Gasteiger partial charge in [-0.2, -0.15) is 8.42 Å². The molecule has 0 fully saturated rings. The Kier molecular flexibility index (Phi) is 8.99. The first-order valence-corrected chi connectivity index (χ1v) is 16.8. The van der Waals surface area contributed by atoms with Crippen molar-refractivity contribution in [2.45, 2.75) is 11.8 Å². The molecule has 0 saturated heterocycles. The van der Waals surface area contributed by atoms with Crippen LogP contribution in [0.5, 0.6) is 5.75 Å². The van der Waals surface area contributed by atoms with Crippen molar-refractivity contribution in [2.24, 2.45) is 0 Å². The van der Waals surface area contributed by atoms with E-state index in [2.05, 4.69) is 35.2 Å². The molecule has 1 aliphatic heterocycles. The zero-order valence-electron chi connectivity index (χ0n) is 26.7. The summed E-state index contributed by atoms with van der Waals surface area (Å²) in [5.41, 5.74) is 6.46. The molecule has 48 heavy (non-hydrogen) atoms. The van der Waals surface area contributed by atoms with Crippen LogP contribution in [-0.2, 0) is 10.1 Å². The lowest BCUT2D eigenvalue weighted by molar-refractivity contribution is 0.414. The number of hydrogen-bond donors (Lipinski definition) is 1. The molecular formula is C39H32ClNO6S. The molecule has 0 radical (unpaired) electrons. The van der Waals surface area contributed by atoms with Gasteiger partial charge < -0.3 is 14.1 Å². The number of fused-ring (bicyclic) bond motifs is 2. The molecule has 4 aromatic rings. The zero-order valence-corrected chi connectivity index (χ0v) is 28.3. The number of nitrogens with zero attached hydrogens (tertiary/aromatic N) is 1. The molecule has 0 amide bonds. The summed E-state index contributed by atoms with van der Waals surface area (Å²) < 4.78 is 47.6. The average Bonchev–Trinajstić information content (AvgIpc) is 3.06. The van der Waals surface area contributed by atoms with Gasteiger partial charge in [-0.1, -0.05) is 84.4 Å². The number of hydrogen-bond acceptors (Lipinski definition) is 6. The van der Waals surface area contributed by atoms with Crippen LogP contribution in [0.1, 0.15) is 27.8 Å². The van der Waals surface area contributed by atoms with Crippen LogP contribution in [0.4, 0.5) is 5.69 Å². The largest absolute Gasteiger partial charge is 0.495 e. The van der Waals surface area contributed by atoms with E-state index < -0.39 is 10.1 Å². The van der Waals surface area contributed by atoms with Crippen LogP contribution in [0, 0.1) is 6.92 Å². The first kappa shape index (κ1) is 32.8. The van der Waals surface area contributed by atoms with Gasteiger partial charge in [-0.05, 0) is 65.1 Å². The van der Waals surface area contributed by atoms with Gasteiger partial charge in [0.25, 0.3) is 10.1 Å². The van der Waals surface area contributed by atoms with Crippen molar-refractivity contribution in [1.82, 2.24) is 0 Å². The number of anilines is 1. The average molecular weight is 678 g/mol. The van der Waals surface area contributed by atoms with Crippen LogP contribution in [0.3, 0.4) is 0 Å². The third-order valence-corrected chi connectivity index (χ3v) is 9.31. The SMILES string of the molecule is COc1cc2oc3cc(=O)c(C)cc-3c(-c3ccc(/C=C/c4ccc(/C=C/c5ccc(N(C)C)cc5)cc4)cc3S(=O)(=O)O)c2cc1Cl. The molecule has 0 bridgehead atoms. The zero-order chi connectivity index (χ0) is 34.2. The van der Waals surface area contributed by atoms with Crippen molar-refractivity contribution in [3.63, 3.8) is 0 Å². The topological polar surface area (TPSA) is 97.0 Å². The second-order valence-corrected chi connectivity index (χ2v) is 13.4. The first-order valence-electron chi connectivity index (χ1n) is 15.0. The molecule has 0 unspecified atom stereocenters. The van der Waals surface area contributed by atoms with Gasteiger partial charge in [0.2, 0.25) is 0 Å². The highest BCUT2D eigenvalue weighted by Gasteiger charge is 2.25. The Morgan fingerprint density at radius 3 is 1.90 bits per heavy atom. The van der Waals surface area contributed by atoms with Crippen molar-refractivity contribution < 1.29 is 22.1 Å². The van der Waals surface area contributed by atoms with Crippen molar-refractivity contribution in [2.75, 3.05) is 26.1 Å². The van der Waals surface area contributed by atoms with Crippen molar-refractivity contribution >= 4 is 62.7 Å². The smallest absolute Gasteiger partial charge is 0.295 e. The van der Waals surface area contributed by atoms with Gasteiger partial charge in [-0.3, -0.25) is 9.35 Å². The highest BCUT2D eigenvalue weighted by Crippen LogP contribution is 2.45. The summed E-state index contributed by atoms with van der Waals surface area (Å²) in [4.78, 5) is 14.3. The van der Waals surface area contributed by atoms with E-state index in [9.17, 15) is 17.8 Å². The van der Waals surface area contributed by atoms with Crippen molar-refractivity contribution in [1.29, 1.82) is 0 Å². The second-order valence-electron chi connectivity index (χ2n) is 11.6. The van der Waals surface area contributed by atoms with Crippen LogP contribution >= 0.6 is 11.6 Å². The predicted molar refractivity (Wildman–Crippen MR) is 196 cm³/mol. The summed E-state index contributed by atoms with van der Waals surface area (Å²) in [6.07, 6.45) is 7.75. The van der Waals surface area contributed by atoms with E-state index >= 15 is 0 Å². The summed E-state index contributed by atoms with van der Waals surface area (Å²) in [6.45, 7) is 1.67. The van der Waals surface area contributed by atoms with Gasteiger partial charge in [0, 0.05) is 54.0 Å².